The third-order valence-electron chi connectivity index (χ3n) is 1.78. The van der Waals surface area contributed by atoms with E-state index in [0.717, 1.165) is 12.0 Å². The van der Waals surface area contributed by atoms with Gasteiger partial charge in [-0.1, -0.05) is 18.8 Å². The molecule has 0 aliphatic heterocycles. The second-order valence-electron chi connectivity index (χ2n) is 4.59. The standard InChI is InChI=1S/C14H17NO2/c1-5-6-7-11-8-9-12(15-10-11)13(16)17-14(2,3)4/h8-10H,5H2,1-4H3. The summed E-state index contributed by atoms with van der Waals surface area (Å²) in [5.41, 5.74) is 0.612. The zero-order chi connectivity index (χ0) is 12.9. The number of ether oxygens (including phenoxy) is 1. The summed E-state index contributed by atoms with van der Waals surface area (Å²) in [5.74, 6) is 5.48. The predicted octanol–water partition coefficient (Wildman–Crippen LogP) is 2.80. The Morgan fingerprint density at radius 1 is 1.41 bits per heavy atom. The molecular formula is C14H17NO2. The van der Waals surface area contributed by atoms with Gasteiger partial charge in [-0.15, -0.1) is 0 Å². The van der Waals surface area contributed by atoms with Crippen molar-refractivity contribution in [2.24, 2.45) is 0 Å². The van der Waals surface area contributed by atoms with Gasteiger partial charge in [0, 0.05) is 18.2 Å². The fourth-order valence-electron chi connectivity index (χ4n) is 1.11. The van der Waals surface area contributed by atoms with E-state index in [0.29, 0.717) is 5.69 Å². The number of carbonyl (C=O) groups excluding carboxylic acids is 1. The lowest BCUT2D eigenvalue weighted by Crippen LogP contribution is -2.24. The quantitative estimate of drug-likeness (QED) is 0.551. The van der Waals surface area contributed by atoms with Gasteiger partial charge in [0.05, 0.1) is 0 Å². The SMILES string of the molecule is CCC#Cc1ccc(C(=O)OC(C)(C)C)nc1. The zero-order valence-electron chi connectivity index (χ0n) is 10.7. The average molecular weight is 231 g/mol. The molecule has 1 rings (SSSR count). The lowest BCUT2D eigenvalue weighted by Gasteiger charge is -2.18. The van der Waals surface area contributed by atoms with Crippen LogP contribution in [0, 0.1) is 11.8 Å². The summed E-state index contributed by atoms with van der Waals surface area (Å²) >= 11 is 0. The third kappa shape index (κ3) is 4.69. The molecule has 0 aromatic carbocycles. The summed E-state index contributed by atoms with van der Waals surface area (Å²) in [6, 6.07) is 3.41. The second-order valence-corrected chi connectivity index (χ2v) is 4.59. The van der Waals surface area contributed by atoms with Crippen molar-refractivity contribution in [3.63, 3.8) is 0 Å². The zero-order valence-corrected chi connectivity index (χ0v) is 10.7. The maximum absolute atomic E-state index is 11.7. The van der Waals surface area contributed by atoms with E-state index < -0.39 is 11.6 Å². The van der Waals surface area contributed by atoms with Gasteiger partial charge in [0.25, 0.3) is 0 Å². The Morgan fingerprint density at radius 3 is 2.59 bits per heavy atom. The summed E-state index contributed by atoms with van der Waals surface area (Å²) in [6.07, 6.45) is 2.38. The lowest BCUT2D eigenvalue weighted by atomic mass is 10.2. The van der Waals surface area contributed by atoms with Gasteiger partial charge in [0.1, 0.15) is 11.3 Å². The summed E-state index contributed by atoms with van der Waals surface area (Å²) < 4.78 is 5.21. The molecule has 1 heterocycles. The van der Waals surface area contributed by atoms with Crippen LogP contribution in [0.2, 0.25) is 0 Å². The molecule has 1 aromatic heterocycles. The number of nitrogens with zero attached hydrogens (tertiary/aromatic N) is 1. The van der Waals surface area contributed by atoms with Crippen LogP contribution in [-0.4, -0.2) is 16.6 Å². The van der Waals surface area contributed by atoms with Crippen LogP contribution in [-0.2, 0) is 4.74 Å². The molecule has 0 amide bonds. The molecule has 0 atom stereocenters. The van der Waals surface area contributed by atoms with Gasteiger partial charge in [0.2, 0.25) is 0 Å². The van der Waals surface area contributed by atoms with E-state index in [1.807, 2.05) is 27.7 Å². The molecule has 0 saturated carbocycles. The summed E-state index contributed by atoms with van der Waals surface area (Å²) in [5, 5.41) is 0. The number of esters is 1. The van der Waals surface area contributed by atoms with E-state index in [-0.39, 0.29) is 0 Å². The number of hydrogen-bond acceptors (Lipinski definition) is 3. The van der Waals surface area contributed by atoms with Crippen molar-refractivity contribution < 1.29 is 9.53 Å². The number of hydrogen-bond donors (Lipinski definition) is 0. The minimum absolute atomic E-state index is 0.307. The first-order valence-electron chi connectivity index (χ1n) is 5.60. The molecule has 0 aliphatic carbocycles. The van der Waals surface area contributed by atoms with E-state index in [1.54, 1.807) is 18.3 Å². The Balaban J connectivity index is 2.77. The summed E-state index contributed by atoms with van der Waals surface area (Å²) in [6.45, 7) is 7.46. The van der Waals surface area contributed by atoms with E-state index in [4.69, 9.17) is 4.74 Å². The molecule has 0 spiro atoms. The van der Waals surface area contributed by atoms with Crippen LogP contribution >= 0.6 is 0 Å². The Hall–Kier alpha value is -1.82. The first kappa shape index (κ1) is 13.2. The van der Waals surface area contributed by atoms with E-state index in [1.165, 1.54) is 0 Å². The Bertz CT molecular complexity index is 444. The van der Waals surface area contributed by atoms with Crippen molar-refractivity contribution in [1.29, 1.82) is 0 Å². The van der Waals surface area contributed by atoms with Crippen LogP contribution in [0.1, 0.15) is 50.2 Å². The van der Waals surface area contributed by atoms with Crippen molar-refractivity contribution in [2.75, 3.05) is 0 Å². The highest BCUT2D eigenvalue weighted by atomic mass is 16.6. The molecule has 1 aromatic rings. The monoisotopic (exact) mass is 231 g/mol. The molecule has 90 valence electrons. The van der Waals surface area contributed by atoms with Gasteiger partial charge in [-0.05, 0) is 32.9 Å². The maximum Gasteiger partial charge on any atom is 0.357 e. The van der Waals surface area contributed by atoms with E-state index in [9.17, 15) is 4.79 Å². The minimum Gasteiger partial charge on any atom is -0.455 e. The van der Waals surface area contributed by atoms with Gasteiger partial charge in [-0.3, -0.25) is 0 Å². The molecule has 0 aliphatic rings. The third-order valence-corrected chi connectivity index (χ3v) is 1.78. The van der Waals surface area contributed by atoms with Crippen molar-refractivity contribution in [3.05, 3.63) is 29.6 Å². The first-order valence-corrected chi connectivity index (χ1v) is 5.60. The summed E-state index contributed by atoms with van der Waals surface area (Å²) in [4.78, 5) is 15.7. The molecule has 3 nitrogen and oxygen atoms in total. The van der Waals surface area contributed by atoms with Gasteiger partial charge in [-0.2, -0.15) is 0 Å². The highest BCUT2D eigenvalue weighted by Gasteiger charge is 2.18. The highest BCUT2D eigenvalue weighted by Crippen LogP contribution is 2.10. The van der Waals surface area contributed by atoms with E-state index >= 15 is 0 Å². The van der Waals surface area contributed by atoms with Crippen LogP contribution in [0.25, 0.3) is 0 Å². The highest BCUT2D eigenvalue weighted by molar-refractivity contribution is 5.87. The average Bonchev–Trinajstić information content (AvgIpc) is 2.24. The molecule has 0 radical (unpaired) electrons. The smallest absolute Gasteiger partial charge is 0.357 e. The molecule has 0 N–H and O–H groups in total. The molecule has 0 saturated heterocycles. The molecule has 0 unspecified atom stereocenters. The molecule has 3 heteroatoms. The predicted molar refractivity (Wildman–Crippen MR) is 66.6 cm³/mol. The van der Waals surface area contributed by atoms with E-state index in [2.05, 4.69) is 16.8 Å². The van der Waals surface area contributed by atoms with Crippen LogP contribution in [0.5, 0.6) is 0 Å². The number of carbonyl (C=O) groups is 1. The van der Waals surface area contributed by atoms with Gasteiger partial charge < -0.3 is 4.74 Å². The van der Waals surface area contributed by atoms with Gasteiger partial charge in [0.15, 0.2) is 0 Å². The van der Waals surface area contributed by atoms with Crippen LogP contribution in [0.3, 0.4) is 0 Å². The maximum atomic E-state index is 11.7. The molecule has 0 fully saturated rings. The largest absolute Gasteiger partial charge is 0.455 e. The normalized spacial score (nSPS) is 10.4. The van der Waals surface area contributed by atoms with Crippen LogP contribution in [0.15, 0.2) is 18.3 Å². The lowest BCUT2D eigenvalue weighted by molar-refractivity contribution is 0.00629. The van der Waals surface area contributed by atoms with Crippen molar-refractivity contribution in [1.82, 2.24) is 4.98 Å². The molecule has 0 bridgehead atoms. The van der Waals surface area contributed by atoms with Crippen LogP contribution in [0.4, 0.5) is 0 Å². The topological polar surface area (TPSA) is 39.2 Å². The van der Waals surface area contributed by atoms with Crippen molar-refractivity contribution in [3.8, 4) is 11.8 Å². The second kappa shape index (κ2) is 5.49. The van der Waals surface area contributed by atoms with Crippen molar-refractivity contribution in [2.45, 2.75) is 39.7 Å². The van der Waals surface area contributed by atoms with Gasteiger partial charge >= 0.3 is 5.97 Å². The number of rotatable bonds is 1. The van der Waals surface area contributed by atoms with Crippen molar-refractivity contribution >= 4 is 5.97 Å². The van der Waals surface area contributed by atoms with Gasteiger partial charge in [-0.25, -0.2) is 9.78 Å². The molecule has 17 heavy (non-hydrogen) atoms. The molecular weight excluding hydrogens is 214 g/mol. The summed E-state index contributed by atoms with van der Waals surface area (Å²) in [7, 11) is 0. The Kier molecular flexibility index (Phi) is 4.28. The fourth-order valence-corrected chi connectivity index (χ4v) is 1.11. The Morgan fingerprint density at radius 2 is 2.12 bits per heavy atom. The number of pyridine rings is 1. The number of aromatic nitrogens is 1. The van der Waals surface area contributed by atoms with Crippen LogP contribution < -0.4 is 0 Å². The first-order chi connectivity index (χ1) is 7.92. The minimum atomic E-state index is -0.501. The fraction of sp³-hybridized carbons (Fsp3) is 0.429. The Labute approximate surface area is 102 Å².